The summed E-state index contributed by atoms with van der Waals surface area (Å²) in [4.78, 5) is 23.6. The molecule has 1 atom stereocenters. The second-order valence-corrected chi connectivity index (χ2v) is 5.79. The maximum absolute atomic E-state index is 12.5. The summed E-state index contributed by atoms with van der Waals surface area (Å²) in [6, 6.07) is 5.45. The number of anilines is 1. The molecule has 3 rings (SSSR count). The molecular weight excluding hydrogens is 292 g/mol. The van der Waals surface area contributed by atoms with Crippen LogP contribution in [-0.4, -0.2) is 28.5 Å². The van der Waals surface area contributed by atoms with Gasteiger partial charge >= 0.3 is 0 Å². The number of carbonyl (C=O) groups excluding carboxylic acids is 1. The molecule has 1 fully saturated rings. The summed E-state index contributed by atoms with van der Waals surface area (Å²) in [5, 5.41) is 2.95. The highest BCUT2D eigenvalue weighted by molar-refractivity contribution is 5.85. The van der Waals surface area contributed by atoms with Gasteiger partial charge in [0.1, 0.15) is 23.4 Å². The van der Waals surface area contributed by atoms with Crippen LogP contribution in [0.15, 0.2) is 28.9 Å². The Morgan fingerprint density at radius 1 is 1.48 bits per heavy atom. The molecule has 1 aliphatic rings. The van der Waals surface area contributed by atoms with Crippen molar-refractivity contribution in [2.24, 2.45) is 0 Å². The fourth-order valence-electron chi connectivity index (χ4n) is 2.94. The van der Waals surface area contributed by atoms with Gasteiger partial charge in [-0.2, -0.15) is 0 Å². The Balaban J connectivity index is 1.72. The normalized spacial score (nSPS) is 17.5. The fourth-order valence-corrected chi connectivity index (χ4v) is 2.94. The van der Waals surface area contributed by atoms with Gasteiger partial charge in [0.05, 0.1) is 12.8 Å². The number of amides is 1. The molecule has 6 nitrogen and oxygen atoms in total. The van der Waals surface area contributed by atoms with Gasteiger partial charge < -0.3 is 14.6 Å². The summed E-state index contributed by atoms with van der Waals surface area (Å²) in [6.45, 7) is 5.26. The minimum atomic E-state index is -0.177. The van der Waals surface area contributed by atoms with Gasteiger partial charge in [0.2, 0.25) is 5.91 Å². The smallest absolute Gasteiger partial charge is 0.243 e. The Bertz CT molecular complexity index is 669. The van der Waals surface area contributed by atoms with Crippen LogP contribution in [0, 0.1) is 6.92 Å². The van der Waals surface area contributed by atoms with E-state index >= 15 is 0 Å². The number of aromatic nitrogens is 2. The summed E-state index contributed by atoms with van der Waals surface area (Å²) in [5.41, 5.74) is 0.938. The van der Waals surface area contributed by atoms with Gasteiger partial charge in [0, 0.05) is 24.7 Å². The Morgan fingerprint density at radius 2 is 2.35 bits per heavy atom. The van der Waals surface area contributed by atoms with E-state index in [0.29, 0.717) is 6.54 Å². The highest BCUT2D eigenvalue weighted by Gasteiger charge is 2.31. The summed E-state index contributed by atoms with van der Waals surface area (Å²) in [5.74, 6) is 2.45. The average molecular weight is 314 g/mol. The average Bonchev–Trinajstić information content (AvgIpc) is 3.23. The van der Waals surface area contributed by atoms with Gasteiger partial charge in [-0.25, -0.2) is 9.97 Å². The lowest BCUT2D eigenvalue weighted by Crippen LogP contribution is -2.43. The van der Waals surface area contributed by atoms with Crippen molar-refractivity contribution >= 4 is 11.7 Å². The maximum Gasteiger partial charge on any atom is 0.243 e. The molecule has 1 saturated heterocycles. The lowest BCUT2D eigenvalue weighted by molar-refractivity contribution is -0.122. The number of rotatable bonds is 5. The second kappa shape index (κ2) is 6.81. The topological polar surface area (TPSA) is 71.3 Å². The highest BCUT2D eigenvalue weighted by Crippen LogP contribution is 2.24. The molecule has 6 heteroatoms. The molecule has 0 saturated carbocycles. The van der Waals surface area contributed by atoms with E-state index < -0.39 is 0 Å². The number of hydrogen-bond acceptors (Lipinski definition) is 5. The second-order valence-electron chi connectivity index (χ2n) is 5.79. The molecule has 122 valence electrons. The molecule has 0 aliphatic carbocycles. The van der Waals surface area contributed by atoms with Crippen LogP contribution in [0.25, 0.3) is 0 Å². The van der Waals surface area contributed by atoms with E-state index in [9.17, 15) is 4.79 Å². The van der Waals surface area contributed by atoms with E-state index in [1.807, 2.05) is 32.0 Å². The third-order valence-corrected chi connectivity index (χ3v) is 4.07. The lowest BCUT2D eigenvalue weighted by Gasteiger charge is -2.25. The molecule has 2 aromatic rings. The van der Waals surface area contributed by atoms with E-state index in [1.54, 1.807) is 6.26 Å². The number of carbonyl (C=O) groups is 1. The minimum absolute atomic E-state index is 0.0215. The first-order valence-electron chi connectivity index (χ1n) is 8.08. The lowest BCUT2D eigenvalue weighted by atomic mass is 10.2. The van der Waals surface area contributed by atoms with Crippen LogP contribution in [0.2, 0.25) is 0 Å². The molecule has 1 aliphatic heterocycles. The SMILES string of the molecule is CCc1nc(C)cc(N2CCC[C@H]2C(=O)NCc2ccco2)n1. The minimum Gasteiger partial charge on any atom is -0.467 e. The van der Waals surface area contributed by atoms with Gasteiger partial charge in [-0.1, -0.05) is 6.92 Å². The third kappa shape index (κ3) is 3.52. The van der Waals surface area contributed by atoms with Crippen molar-refractivity contribution in [1.29, 1.82) is 0 Å². The molecule has 0 bridgehead atoms. The molecule has 1 amide bonds. The van der Waals surface area contributed by atoms with E-state index in [1.165, 1.54) is 0 Å². The molecule has 23 heavy (non-hydrogen) atoms. The third-order valence-electron chi connectivity index (χ3n) is 4.07. The molecular formula is C17H22N4O2. The fraction of sp³-hybridized carbons (Fsp3) is 0.471. The van der Waals surface area contributed by atoms with Gasteiger partial charge in [-0.3, -0.25) is 4.79 Å². The van der Waals surface area contributed by atoms with Crippen LogP contribution in [0.1, 0.15) is 37.0 Å². The molecule has 0 radical (unpaired) electrons. The molecule has 0 unspecified atom stereocenters. The van der Waals surface area contributed by atoms with Crippen molar-refractivity contribution in [3.05, 3.63) is 41.7 Å². The monoisotopic (exact) mass is 314 g/mol. The van der Waals surface area contributed by atoms with E-state index in [-0.39, 0.29) is 11.9 Å². The zero-order valence-electron chi connectivity index (χ0n) is 13.6. The van der Waals surface area contributed by atoms with Crippen molar-refractivity contribution in [1.82, 2.24) is 15.3 Å². The van der Waals surface area contributed by atoms with E-state index in [4.69, 9.17) is 4.42 Å². The summed E-state index contributed by atoms with van der Waals surface area (Å²) < 4.78 is 5.26. The van der Waals surface area contributed by atoms with Crippen LogP contribution < -0.4 is 10.2 Å². The van der Waals surface area contributed by atoms with E-state index in [2.05, 4.69) is 20.2 Å². The highest BCUT2D eigenvalue weighted by atomic mass is 16.3. The van der Waals surface area contributed by atoms with Crippen molar-refractivity contribution in [3.63, 3.8) is 0 Å². The molecule has 0 aromatic carbocycles. The number of aryl methyl sites for hydroxylation is 2. The zero-order valence-corrected chi connectivity index (χ0v) is 13.6. The zero-order chi connectivity index (χ0) is 16.2. The summed E-state index contributed by atoms with van der Waals surface area (Å²) in [7, 11) is 0. The maximum atomic E-state index is 12.5. The Morgan fingerprint density at radius 3 is 3.09 bits per heavy atom. The van der Waals surface area contributed by atoms with Gasteiger partial charge in [0.15, 0.2) is 0 Å². The summed E-state index contributed by atoms with van der Waals surface area (Å²) >= 11 is 0. The van der Waals surface area contributed by atoms with Crippen molar-refractivity contribution < 1.29 is 9.21 Å². The number of hydrogen-bond donors (Lipinski definition) is 1. The van der Waals surface area contributed by atoms with Gasteiger partial charge in [-0.05, 0) is 31.9 Å². The Labute approximate surface area is 135 Å². The quantitative estimate of drug-likeness (QED) is 0.916. The predicted molar refractivity (Wildman–Crippen MR) is 87.1 cm³/mol. The molecule has 0 spiro atoms. The van der Waals surface area contributed by atoms with Crippen LogP contribution in [0.5, 0.6) is 0 Å². The molecule has 1 N–H and O–H groups in total. The molecule has 2 aromatic heterocycles. The number of nitrogens with one attached hydrogen (secondary N) is 1. The van der Waals surface area contributed by atoms with Crippen LogP contribution in [-0.2, 0) is 17.8 Å². The van der Waals surface area contributed by atoms with Crippen LogP contribution >= 0.6 is 0 Å². The summed E-state index contributed by atoms with van der Waals surface area (Å²) in [6.07, 6.45) is 4.23. The Hall–Kier alpha value is -2.37. The first kappa shape index (κ1) is 15.5. The van der Waals surface area contributed by atoms with E-state index in [0.717, 1.165) is 48.9 Å². The standard InChI is InChI=1S/C17H22N4O2/c1-3-15-19-12(2)10-16(20-15)21-8-4-7-14(21)17(22)18-11-13-6-5-9-23-13/h5-6,9-10,14H,3-4,7-8,11H2,1-2H3,(H,18,22)/t14-/m0/s1. The van der Waals surface area contributed by atoms with Crippen molar-refractivity contribution in [3.8, 4) is 0 Å². The largest absolute Gasteiger partial charge is 0.467 e. The number of nitrogens with zero attached hydrogens (tertiary/aromatic N) is 3. The first-order valence-corrected chi connectivity index (χ1v) is 8.08. The molecule has 3 heterocycles. The number of furan rings is 1. The first-order chi connectivity index (χ1) is 11.2. The van der Waals surface area contributed by atoms with Crippen molar-refractivity contribution in [2.75, 3.05) is 11.4 Å². The van der Waals surface area contributed by atoms with Gasteiger partial charge in [-0.15, -0.1) is 0 Å². The van der Waals surface area contributed by atoms with Crippen LogP contribution in [0.3, 0.4) is 0 Å². The van der Waals surface area contributed by atoms with Crippen molar-refractivity contribution in [2.45, 2.75) is 45.7 Å². The Kier molecular flexibility index (Phi) is 4.60. The predicted octanol–water partition coefficient (Wildman–Crippen LogP) is 2.23. The van der Waals surface area contributed by atoms with Crippen LogP contribution in [0.4, 0.5) is 5.82 Å². The van der Waals surface area contributed by atoms with Gasteiger partial charge in [0.25, 0.3) is 0 Å².